The first-order valence-corrected chi connectivity index (χ1v) is 9.93. The smallest absolute Gasteiger partial charge is 0.237 e. The molecule has 0 unspecified atom stereocenters. The van der Waals surface area contributed by atoms with Gasteiger partial charge in [-0.15, -0.1) is 11.3 Å². The Morgan fingerprint density at radius 3 is 2.84 bits per heavy atom. The van der Waals surface area contributed by atoms with Crippen LogP contribution in [0, 0.1) is 5.92 Å². The molecule has 0 saturated carbocycles. The molecular formula is C20H25N3OS. The van der Waals surface area contributed by atoms with Crippen molar-refractivity contribution in [3.8, 4) is 0 Å². The molecule has 0 bridgehead atoms. The predicted octanol–water partition coefficient (Wildman–Crippen LogP) is 2.31. The maximum absolute atomic E-state index is 12.8. The van der Waals surface area contributed by atoms with Crippen molar-refractivity contribution in [3.05, 3.63) is 57.8 Å². The fraction of sp³-hybridized carbons (Fsp3) is 0.450. The average molecular weight is 356 g/mol. The number of carbonyl (C=O) groups is 1. The van der Waals surface area contributed by atoms with Crippen LogP contribution in [0.1, 0.15) is 21.9 Å². The van der Waals surface area contributed by atoms with Gasteiger partial charge >= 0.3 is 0 Å². The van der Waals surface area contributed by atoms with E-state index in [2.05, 4.69) is 40.6 Å². The summed E-state index contributed by atoms with van der Waals surface area (Å²) in [4.78, 5) is 18.5. The number of amides is 1. The second-order valence-electron chi connectivity index (χ2n) is 7.14. The summed E-state index contributed by atoms with van der Waals surface area (Å²) in [6.07, 6.45) is 0.997. The van der Waals surface area contributed by atoms with Gasteiger partial charge in [-0.25, -0.2) is 0 Å². The van der Waals surface area contributed by atoms with Gasteiger partial charge < -0.3 is 10.6 Å². The minimum absolute atomic E-state index is 0.251. The molecule has 0 aliphatic carbocycles. The number of rotatable bonds is 4. The molecule has 5 heteroatoms. The number of likely N-dealkylation sites (tertiary alicyclic amines) is 1. The van der Waals surface area contributed by atoms with E-state index in [1.54, 1.807) is 0 Å². The summed E-state index contributed by atoms with van der Waals surface area (Å²) < 4.78 is 0. The zero-order valence-electron chi connectivity index (χ0n) is 14.4. The van der Waals surface area contributed by atoms with Gasteiger partial charge in [-0.2, -0.15) is 0 Å². The Balaban J connectivity index is 1.39. The van der Waals surface area contributed by atoms with Crippen LogP contribution in [-0.2, 0) is 17.8 Å². The molecule has 3 heterocycles. The van der Waals surface area contributed by atoms with Crippen molar-refractivity contribution in [2.45, 2.75) is 18.9 Å². The van der Waals surface area contributed by atoms with Gasteiger partial charge in [0.05, 0.1) is 6.54 Å². The SMILES string of the molecule is NC[C@@H]1CN(CC(=O)N2CCc3sccc3C2)C[C@H]1c1ccccc1. The van der Waals surface area contributed by atoms with Crippen LogP contribution in [0.5, 0.6) is 0 Å². The molecule has 4 rings (SSSR count). The average Bonchev–Trinajstić information content (AvgIpc) is 3.28. The van der Waals surface area contributed by atoms with Crippen molar-refractivity contribution in [3.63, 3.8) is 0 Å². The molecule has 0 spiro atoms. The van der Waals surface area contributed by atoms with Gasteiger partial charge in [0.2, 0.25) is 5.91 Å². The third-order valence-electron chi connectivity index (χ3n) is 5.57. The van der Waals surface area contributed by atoms with E-state index in [1.165, 1.54) is 16.0 Å². The van der Waals surface area contributed by atoms with Crippen LogP contribution in [0.3, 0.4) is 0 Å². The third-order valence-corrected chi connectivity index (χ3v) is 6.59. The van der Waals surface area contributed by atoms with E-state index in [9.17, 15) is 4.79 Å². The van der Waals surface area contributed by atoms with Crippen LogP contribution in [0.25, 0.3) is 0 Å². The van der Waals surface area contributed by atoms with Crippen LogP contribution in [0.2, 0.25) is 0 Å². The lowest BCUT2D eigenvalue weighted by Gasteiger charge is -2.29. The van der Waals surface area contributed by atoms with Crippen molar-refractivity contribution in [1.29, 1.82) is 0 Å². The Morgan fingerprint density at radius 1 is 1.20 bits per heavy atom. The number of carbonyl (C=O) groups excluding carboxylic acids is 1. The lowest BCUT2D eigenvalue weighted by Crippen LogP contribution is -2.42. The Hall–Kier alpha value is -1.69. The Bertz CT molecular complexity index is 730. The largest absolute Gasteiger partial charge is 0.337 e. The summed E-state index contributed by atoms with van der Waals surface area (Å²) in [5.74, 6) is 1.12. The zero-order chi connectivity index (χ0) is 17.2. The molecule has 1 saturated heterocycles. The molecule has 2 N–H and O–H groups in total. The summed E-state index contributed by atoms with van der Waals surface area (Å²) in [6, 6.07) is 12.7. The van der Waals surface area contributed by atoms with Crippen LogP contribution in [0.4, 0.5) is 0 Å². The van der Waals surface area contributed by atoms with Gasteiger partial charge in [0.25, 0.3) is 0 Å². The molecule has 2 aromatic rings. The van der Waals surface area contributed by atoms with Gasteiger partial charge in [-0.05, 0) is 41.5 Å². The summed E-state index contributed by atoms with van der Waals surface area (Å²) in [6.45, 7) is 4.65. The minimum Gasteiger partial charge on any atom is -0.337 e. The molecule has 2 aliphatic rings. The van der Waals surface area contributed by atoms with Crippen molar-refractivity contribution >= 4 is 17.2 Å². The molecule has 0 radical (unpaired) electrons. The van der Waals surface area contributed by atoms with E-state index in [0.717, 1.165) is 32.6 Å². The molecule has 1 aromatic heterocycles. The van der Waals surface area contributed by atoms with Crippen molar-refractivity contribution in [1.82, 2.24) is 9.80 Å². The van der Waals surface area contributed by atoms with E-state index < -0.39 is 0 Å². The normalized spacial score (nSPS) is 23.6. The molecule has 2 atom stereocenters. The Morgan fingerprint density at radius 2 is 2.04 bits per heavy atom. The Labute approximate surface area is 153 Å². The predicted molar refractivity (Wildman–Crippen MR) is 102 cm³/mol. The van der Waals surface area contributed by atoms with Crippen molar-refractivity contribution in [2.75, 3.05) is 32.7 Å². The summed E-state index contributed by atoms with van der Waals surface area (Å²) in [5, 5.41) is 2.13. The van der Waals surface area contributed by atoms with Crippen LogP contribution < -0.4 is 5.73 Å². The second-order valence-corrected chi connectivity index (χ2v) is 8.14. The maximum atomic E-state index is 12.8. The molecule has 1 fully saturated rings. The third kappa shape index (κ3) is 3.50. The summed E-state index contributed by atoms with van der Waals surface area (Å²) in [5.41, 5.74) is 8.69. The molecule has 1 amide bonds. The van der Waals surface area contributed by atoms with Gasteiger partial charge in [-0.1, -0.05) is 30.3 Å². The fourth-order valence-corrected chi connectivity index (χ4v) is 5.05. The number of nitrogens with two attached hydrogens (primary N) is 1. The van der Waals surface area contributed by atoms with Gasteiger partial charge in [0.15, 0.2) is 0 Å². The molecule has 132 valence electrons. The quantitative estimate of drug-likeness (QED) is 0.916. The summed E-state index contributed by atoms with van der Waals surface area (Å²) in [7, 11) is 0. The topological polar surface area (TPSA) is 49.6 Å². The number of hydrogen-bond donors (Lipinski definition) is 1. The summed E-state index contributed by atoms with van der Waals surface area (Å²) >= 11 is 1.81. The number of thiophene rings is 1. The highest BCUT2D eigenvalue weighted by atomic mass is 32.1. The van der Waals surface area contributed by atoms with Crippen molar-refractivity contribution in [2.24, 2.45) is 11.7 Å². The first-order valence-electron chi connectivity index (χ1n) is 9.05. The zero-order valence-corrected chi connectivity index (χ0v) is 15.3. The van der Waals surface area contributed by atoms with Crippen LogP contribution in [0.15, 0.2) is 41.8 Å². The highest BCUT2D eigenvalue weighted by molar-refractivity contribution is 7.10. The van der Waals surface area contributed by atoms with E-state index in [-0.39, 0.29) is 5.91 Å². The highest BCUT2D eigenvalue weighted by Crippen LogP contribution is 2.32. The van der Waals surface area contributed by atoms with E-state index >= 15 is 0 Å². The van der Waals surface area contributed by atoms with Crippen LogP contribution >= 0.6 is 11.3 Å². The molecular weight excluding hydrogens is 330 g/mol. The highest BCUT2D eigenvalue weighted by Gasteiger charge is 2.34. The van der Waals surface area contributed by atoms with Gasteiger partial charge in [-0.3, -0.25) is 9.69 Å². The number of fused-ring (bicyclic) bond motifs is 1. The van der Waals surface area contributed by atoms with E-state index in [0.29, 0.717) is 24.9 Å². The second kappa shape index (κ2) is 7.28. The molecule has 2 aliphatic heterocycles. The minimum atomic E-state index is 0.251. The standard InChI is InChI=1S/C20H25N3OS/c21-10-17-11-22(13-18(17)15-4-2-1-3-5-15)14-20(24)23-8-6-19-16(12-23)7-9-25-19/h1-5,7,9,17-18H,6,8,10-14,21H2/t17-,18+/m1/s1. The maximum Gasteiger partial charge on any atom is 0.237 e. The Kier molecular flexibility index (Phi) is 4.88. The molecule has 25 heavy (non-hydrogen) atoms. The first kappa shape index (κ1) is 16.8. The first-order chi connectivity index (χ1) is 12.2. The number of hydrogen-bond acceptors (Lipinski definition) is 4. The van der Waals surface area contributed by atoms with E-state index in [1.807, 2.05) is 22.3 Å². The van der Waals surface area contributed by atoms with Crippen LogP contribution in [-0.4, -0.2) is 48.4 Å². The number of benzene rings is 1. The van der Waals surface area contributed by atoms with E-state index in [4.69, 9.17) is 5.73 Å². The van der Waals surface area contributed by atoms with Gasteiger partial charge in [0, 0.05) is 37.0 Å². The molecule has 4 nitrogen and oxygen atoms in total. The van der Waals surface area contributed by atoms with Crippen molar-refractivity contribution < 1.29 is 4.79 Å². The number of nitrogens with zero attached hydrogens (tertiary/aromatic N) is 2. The fourth-order valence-electron chi connectivity index (χ4n) is 4.16. The monoisotopic (exact) mass is 355 g/mol. The lowest BCUT2D eigenvalue weighted by atomic mass is 9.89. The molecule has 1 aromatic carbocycles. The lowest BCUT2D eigenvalue weighted by molar-refractivity contribution is -0.133. The van der Waals surface area contributed by atoms with Gasteiger partial charge in [0.1, 0.15) is 0 Å².